The van der Waals surface area contributed by atoms with Gasteiger partial charge >= 0.3 is 11.9 Å². The van der Waals surface area contributed by atoms with Gasteiger partial charge in [-0.15, -0.1) is 0 Å². The van der Waals surface area contributed by atoms with Crippen LogP contribution in [0.25, 0.3) is 0 Å². The first kappa shape index (κ1) is 47.6. The summed E-state index contributed by atoms with van der Waals surface area (Å²) in [4.78, 5) is 24.0. The summed E-state index contributed by atoms with van der Waals surface area (Å²) in [6.07, 6.45) is 30.9. The van der Waals surface area contributed by atoms with Crippen molar-refractivity contribution in [2.75, 3.05) is 26.4 Å². The van der Waals surface area contributed by atoms with Gasteiger partial charge in [0.05, 0.1) is 26.4 Å². The van der Waals surface area contributed by atoms with Crippen molar-refractivity contribution in [1.82, 2.24) is 0 Å². The molecule has 0 aromatic heterocycles. The van der Waals surface area contributed by atoms with Gasteiger partial charge in [0, 0.05) is 26.4 Å². The Hall–Kier alpha value is -1.56. The largest absolute Gasteiger partial charge is 0.494 e. The number of esters is 2. The number of rotatable bonds is 36. The number of ether oxygens (including phenoxy) is 4. The molecule has 2 aromatic carbocycles. The molecule has 6 nitrogen and oxygen atoms in total. The Kier molecular flexibility index (Phi) is 31.3. The maximum atomic E-state index is 12.0. The molecule has 53 heavy (non-hydrogen) atoms. The third-order valence-corrected chi connectivity index (χ3v) is 11.0. The molecule has 0 spiro atoms. The number of hydrogen-bond donors (Lipinski definition) is 0. The second-order valence-electron chi connectivity index (χ2n) is 14.4. The zero-order chi connectivity index (χ0) is 37.9. The molecule has 0 bridgehead atoms. The second-order valence-corrected chi connectivity index (χ2v) is 16.9. The maximum Gasteiger partial charge on any atom is 0.305 e. The van der Waals surface area contributed by atoms with Crippen LogP contribution in [0.15, 0.2) is 48.5 Å². The molecule has 0 unspecified atom stereocenters. The lowest BCUT2D eigenvalue weighted by atomic mass is 10.0. The number of hydrogen-bond acceptors (Lipinski definition) is 6. The summed E-state index contributed by atoms with van der Waals surface area (Å²) >= 11 is 4.62. The van der Waals surface area contributed by atoms with Crippen molar-refractivity contribution in [1.29, 1.82) is 0 Å². The smallest absolute Gasteiger partial charge is 0.305 e. The first-order valence-electron chi connectivity index (χ1n) is 21.1. The number of unbranched alkanes of at least 4 members (excludes halogenated alkanes) is 22. The van der Waals surface area contributed by atoms with E-state index in [1.54, 1.807) is 0 Å². The van der Waals surface area contributed by atoms with Crippen LogP contribution in [0.5, 0.6) is 11.5 Å². The van der Waals surface area contributed by atoms with E-state index in [0.29, 0.717) is 32.5 Å². The summed E-state index contributed by atoms with van der Waals surface area (Å²) in [5, 5.41) is 0. The molecule has 0 atom stereocenters. The molecular weight excluding hydrogens is 890 g/mol. The molecule has 0 saturated carbocycles. The summed E-state index contributed by atoms with van der Waals surface area (Å²) in [6, 6.07) is 16.5. The van der Waals surface area contributed by atoms with Gasteiger partial charge in [0.2, 0.25) is 0 Å². The highest BCUT2D eigenvalue weighted by Gasteiger charge is 2.06. The predicted octanol–water partition coefficient (Wildman–Crippen LogP) is 14.0. The van der Waals surface area contributed by atoms with Gasteiger partial charge < -0.3 is 18.9 Å². The number of carbonyl (C=O) groups excluding carboxylic acids is 2. The standard InChI is InChI=1S/C45H70I2O6/c46-40-28-32-42(33-29-40)50-36-23-19-15-11-7-3-1-5-9-13-17-21-26-44(48)52-38-25-39-53-45(49)27-22-18-14-10-6-2-4-8-12-16-20-24-37-51-43-34-30-41(47)31-35-43/h28-35H,1-27,36-39H2. The maximum absolute atomic E-state index is 12.0. The molecule has 0 radical (unpaired) electrons. The highest BCUT2D eigenvalue weighted by Crippen LogP contribution is 2.17. The average molecular weight is 961 g/mol. The van der Waals surface area contributed by atoms with E-state index in [4.69, 9.17) is 18.9 Å². The lowest BCUT2D eigenvalue weighted by Gasteiger charge is -2.07. The Labute approximate surface area is 350 Å². The van der Waals surface area contributed by atoms with Gasteiger partial charge in [-0.25, -0.2) is 0 Å². The molecule has 0 fully saturated rings. The average Bonchev–Trinajstić information content (AvgIpc) is 3.16. The van der Waals surface area contributed by atoms with E-state index in [9.17, 15) is 9.59 Å². The van der Waals surface area contributed by atoms with Gasteiger partial charge in [0.25, 0.3) is 0 Å². The van der Waals surface area contributed by atoms with Crippen LogP contribution >= 0.6 is 45.2 Å². The fraction of sp³-hybridized carbons (Fsp3) is 0.689. The van der Waals surface area contributed by atoms with Gasteiger partial charge in [0.1, 0.15) is 11.5 Å². The van der Waals surface area contributed by atoms with Crippen molar-refractivity contribution < 1.29 is 28.5 Å². The molecule has 300 valence electrons. The normalized spacial score (nSPS) is 11.1. The summed E-state index contributed by atoms with van der Waals surface area (Å²) in [5.74, 6) is 1.68. The SMILES string of the molecule is O=C(CCCCCCCCCCCCCCOc1ccc(I)cc1)OCCCOC(=O)CCCCCCCCCCCCCCOc1ccc(I)cc1. The van der Waals surface area contributed by atoms with E-state index in [2.05, 4.69) is 69.4 Å². The Bertz CT molecular complexity index is 1050. The summed E-state index contributed by atoms with van der Waals surface area (Å²) < 4.78 is 24.7. The van der Waals surface area contributed by atoms with Crippen LogP contribution in [0.2, 0.25) is 0 Å². The van der Waals surface area contributed by atoms with Crippen LogP contribution in [-0.4, -0.2) is 38.4 Å². The topological polar surface area (TPSA) is 71.1 Å². The lowest BCUT2D eigenvalue weighted by molar-refractivity contribution is -0.146. The Morgan fingerprint density at radius 1 is 0.340 bits per heavy atom. The van der Waals surface area contributed by atoms with Crippen LogP contribution in [0.1, 0.15) is 173 Å². The molecule has 2 rings (SSSR count). The van der Waals surface area contributed by atoms with Gasteiger partial charge in [-0.1, -0.05) is 128 Å². The molecule has 0 aliphatic heterocycles. The van der Waals surface area contributed by atoms with E-state index in [-0.39, 0.29) is 11.9 Å². The van der Waals surface area contributed by atoms with Crippen LogP contribution in [0, 0.1) is 7.14 Å². The molecule has 0 aliphatic rings. The van der Waals surface area contributed by atoms with Crippen LogP contribution < -0.4 is 9.47 Å². The molecule has 2 aromatic rings. The van der Waals surface area contributed by atoms with Crippen LogP contribution in [-0.2, 0) is 19.1 Å². The van der Waals surface area contributed by atoms with Crippen molar-refractivity contribution in [3.05, 3.63) is 55.7 Å². The van der Waals surface area contributed by atoms with Crippen LogP contribution in [0.3, 0.4) is 0 Å². The number of carbonyl (C=O) groups is 2. The first-order chi connectivity index (χ1) is 26.0. The summed E-state index contributed by atoms with van der Waals surface area (Å²) in [5.41, 5.74) is 0. The lowest BCUT2D eigenvalue weighted by Crippen LogP contribution is -2.10. The molecule has 0 aliphatic carbocycles. The minimum absolute atomic E-state index is 0.131. The van der Waals surface area contributed by atoms with Gasteiger partial charge in [-0.3, -0.25) is 9.59 Å². The Morgan fingerprint density at radius 3 is 0.906 bits per heavy atom. The fourth-order valence-electron chi connectivity index (χ4n) is 6.30. The van der Waals surface area contributed by atoms with E-state index in [1.807, 2.05) is 24.3 Å². The fourth-order valence-corrected chi connectivity index (χ4v) is 7.01. The quantitative estimate of drug-likeness (QED) is 0.0385. The summed E-state index contributed by atoms with van der Waals surface area (Å²) in [6.45, 7) is 2.28. The molecule has 0 heterocycles. The molecule has 0 N–H and O–H groups in total. The third-order valence-electron chi connectivity index (χ3n) is 9.53. The van der Waals surface area contributed by atoms with Gasteiger partial charge in [-0.05, 0) is 119 Å². The second kappa shape index (κ2) is 34.9. The first-order valence-corrected chi connectivity index (χ1v) is 23.3. The van der Waals surface area contributed by atoms with Crippen molar-refractivity contribution in [2.45, 2.75) is 173 Å². The zero-order valence-electron chi connectivity index (χ0n) is 32.7. The molecule has 0 amide bonds. The Morgan fingerprint density at radius 2 is 0.604 bits per heavy atom. The monoisotopic (exact) mass is 960 g/mol. The van der Waals surface area contributed by atoms with Gasteiger partial charge in [0.15, 0.2) is 0 Å². The van der Waals surface area contributed by atoms with E-state index < -0.39 is 0 Å². The van der Waals surface area contributed by atoms with Crippen molar-refractivity contribution >= 4 is 57.1 Å². The van der Waals surface area contributed by atoms with E-state index in [0.717, 1.165) is 63.2 Å². The number of halogens is 2. The zero-order valence-corrected chi connectivity index (χ0v) is 37.1. The van der Waals surface area contributed by atoms with E-state index in [1.165, 1.54) is 123 Å². The highest BCUT2D eigenvalue weighted by molar-refractivity contribution is 14.1. The molecule has 8 heteroatoms. The predicted molar refractivity (Wildman–Crippen MR) is 236 cm³/mol. The minimum atomic E-state index is -0.131. The third kappa shape index (κ3) is 30.4. The van der Waals surface area contributed by atoms with Crippen molar-refractivity contribution in [2.24, 2.45) is 0 Å². The summed E-state index contributed by atoms with van der Waals surface area (Å²) in [7, 11) is 0. The van der Waals surface area contributed by atoms with Crippen molar-refractivity contribution in [3.8, 4) is 11.5 Å². The highest BCUT2D eigenvalue weighted by atomic mass is 127. The molecular formula is C45H70I2O6. The van der Waals surface area contributed by atoms with Gasteiger partial charge in [-0.2, -0.15) is 0 Å². The Balaban J connectivity index is 1.20. The number of benzene rings is 2. The van der Waals surface area contributed by atoms with E-state index >= 15 is 0 Å². The van der Waals surface area contributed by atoms with Crippen molar-refractivity contribution in [3.63, 3.8) is 0 Å². The van der Waals surface area contributed by atoms with Crippen LogP contribution in [0.4, 0.5) is 0 Å². The molecule has 0 saturated heterocycles. The minimum Gasteiger partial charge on any atom is -0.494 e.